The average Bonchev–Trinajstić information content (AvgIpc) is 2.45. The predicted molar refractivity (Wildman–Crippen MR) is 78.0 cm³/mol. The fourth-order valence-electron chi connectivity index (χ4n) is 1.69. The van der Waals surface area contributed by atoms with Gasteiger partial charge in [-0.15, -0.1) is 0 Å². The molecule has 0 aromatic heterocycles. The summed E-state index contributed by atoms with van der Waals surface area (Å²) in [5, 5.41) is 22.4. The lowest BCUT2D eigenvalue weighted by atomic mass is 10.1. The van der Waals surface area contributed by atoms with Gasteiger partial charge in [0, 0.05) is 6.54 Å². The summed E-state index contributed by atoms with van der Waals surface area (Å²) in [5.74, 6) is -3.22. The summed E-state index contributed by atoms with van der Waals surface area (Å²) in [7, 11) is 0. The van der Waals surface area contributed by atoms with E-state index in [9.17, 15) is 14.4 Å². The minimum Gasteiger partial charge on any atom is -0.492 e. The maximum Gasteiger partial charge on any atom is 0.319 e. The molecular weight excluding hydrogens is 292 g/mol. The van der Waals surface area contributed by atoms with Gasteiger partial charge >= 0.3 is 18.0 Å². The molecule has 1 atom stereocenters. The number of urea groups is 1. The number of benzene rings is 1. The Morgan fingerprint density at radius 1 is 1.23 bits per heavy atom. The number of carbonyl (C=O) groups is 3. The van der Waals surface area contributed by atoms with Crippen LogP contribution in [0.2, 0.25) is 0 Å². The molecule has 0 heterocycles. The van der Waals surface area contributed by atoms with Crippen molar-refractivity contribution in [2.24, 2.45) is 5.92 Å². The molecule has 0 saturated carbocycles. The Balaban J connectivity index is 2.59. The lowest BCUT2D eigenvalue weighted by Gasteiger charge is -2.14. The molecule has 0 bridgehead atoms. The van der Waals surface area contributed by atoms with E-state index in [0.717, 1.165) is 0 Å². The van der Waals surface area contributed by atoms with Gasteiger partial charge < -0.3 is 25.6 Å². The highest BCUT2D eigenvalue weighted by Crippen LogP contribution is 2.23. The second kappa shape index (κ2) is 8.50. The number of nitrogens with one attached hydrogen (secondary N) is 2. The van der Waals surface area contributed by atoms with Crippen molar-refractivity contribution < 1.29 is 29.3 Å². The van der Waals surface area contributed by atoms with Crippen molar-refractivity contribution in [3.05, 3.63) is 24.3 Å². The third kappa shape index (κ3) is 5.70. The van der Waals surface area contributed by atoms with Crippen LogP contribution >= 0.6 is 0 Å². The van der Waals surface area contributed by atoms with Gasteiger partial charge in [-0.2, -0.15) is 0 Å². The van der Waals surface area contributed by atoms with Gasteiger partial charge in [0.1, 0.15) is 5.75 Å². The Kier molecular flexibility index (Phi) is 6.68. The number of hydrogen-bond donors (Lipinski definition) is 4. The molecule has 8 nitrogen and oxygen atoms in total. The van der Waals surface area contributed by atoms with E-state index in [4.69, 9.17) is 14.9 Å². The lowest BCUT2D eigenvalue weighted by molar-refractivity contribution is -0.148. The Morgan fingerprint density at radius 2 is 1.91 bits per heavy atom. The highest BCUT2D eigenvalue weighted by Gasteiger charge is 2.21. The topological polar surface area (TPSA) is 125 Å². The van der Waals surface area contributed by atoms with E-state index in [2.05, 4.69) is 10.6 Å². The number of carboxylic acids is 2. The van der Waals surface area contributed by atoms with Gasteiger partial charge in [0.15, 0.2) is 0 Å². The first-order chi connectivity index (χ1) is 10.4. The molecule has 0 aliphatic heterocycles. The minimum atomic E-state index is -1.28. The van der Waals surface area contributed by atoms with Crippen molar-refractivity contribution in [3.8, 4) is 5.75 Å². The summed E-state index contributed by atoms with van der Waals surface area (Å²) in [4.78, 5) is 33.2. The standard InChI is InChI=1S/C14H18N2O6/c1-2-22-11-6-4-3-5-10(11)16-14(21)15-8-9(13(19)20)7-12(17)18/h3-6,9H,2,7-8H2,1H3,(H,17,18)(H,19,20)(H2,15,16,21). The molecule has 0 saturated heterocycles. The quantitative estimate of drug-likeness (QED) is 0.575. The van der Waals surface area contributed by atoms with Gasteiger partial charge in [-0.1, -0.05) is 12.1 Å². The lowest BCUT2D eigenvalue weighted by Crippen LogP contribution is -2.36. The molecule has 1 aromatic rings. The Morgan fingerprint density at radius 3 is 2.50 bits per heavy atom. The highest BCUT2D eigenvalue weighted by molar-refractivity contribution is 5.91. The van der Waals surface area contributed by atoms with Gasteiger partial charge in [0.05, 0.1) is 24.6 Å². The predicted octanol–water partition coefficient (Wildman–Crippen LogP) is 1.38. The molecule has 0 aliphatic carbocycles. The Bertz CT molecular complexity index is 546. The molecule has 1 aromatic carbocycles. The maximum atomic E-state index is 11.8. The van der Waals surface area contributed by atoms with Gasteiger partial charge in [-0.3, -0.25) is 9.59 Å². The third-order valence-electron chi connectivity index (χ3n) is 2.71. The first kappa shape index (κ1) is 17.3. The number of carboxylic acid groups (broad SMARTS) is 2. The normalized spacial score (nSPS) is 11.3. The van der Waals surface area contributed by atoms with E-state index in [1.165, 1.54) is 0 Å². The van der Waals surface area contributed by atoms with Crippen LogP contribution in [-0.4, -0.2) is 41.3 Å². The number of ether oxygens (including phenoxy) is 1. The molecular formula is C14H18N2O6. The Labute approximate surface area is 127 Å². The second-order valence-corrected chi connectivity index (χ2v) is 4.40. The van der Waals surface area contributed by atoms with Gasteiger partial charge in [0.2, 0.25) is 0 Å². The van der Waals surface area contributed by atoms with Crippen molar-refractivity contribution in [1.29, 1.82) is 0 Å². The smallest absolute Gasteiger partial charge is 0.319 e. The van der Waals surface area contributed by atoms with Crippen LogP contribution in [0.15, 0.2) is 24.3 Å². The summed E-state index contributed by atoms with van der Waals surface area (Å²) in [6.45, 7) is 1.95. The molecule has 1 unspecified atom stereocenters. The fraction of sp³-hybridized carbons (Fsp3) is 0.357. The number of aliphatic carboxylic acids is 2. The summed E-state index contributed by atoms with van der Waals surface area (Å²) >= 11 is 0. The molecule has 0 spiro atoms. The molecule has 1 rings (SSSR count). The van der Waals surface area contributed by atoms with E-state index in [0.29, 0.717) is 18.0 Å². The first-order valence-electron chi connectivity index (χ1n) is 6.65. The number of rotatable bonds is 8. The third-order valence-corrected chi connectivity index (χ3v) is 2.71. The molecule has 0 aliphatic rings. The van der Waals surface area contributed by atoms with Gasteiger partial charge in [-0.05, 0) is 19.1 Å². The summed E-state index contributed by atoms with van der Waals surface area (Å²) in [5.41, 5.74) is 0.437. The zero-order valence-electron chi connectivity index (χ0n) is 12.0. The molecule has 0 radical (unpaired) electrons. The fourth-order valence-corrected chi connectivity index (χ4v) is 1.69. The van der Waals surface area contributed by atoms with Crippen LogP contribution in [-0.2, 0) is 9.59 Å². The minimum absolute atomic E-state index is 0.287. The van der Waals surface area contributed by atoms with E-state index >= 15 is 0 Å². The van der Waals surface area contributed by atoms with E-state index in [1.54, 1.807) is 31.2 Å². The van der Waals surface area contributed by atoms with Crippen LogP contribution in [0.4, 0.5) is 10.5 Å². The van der Waals surface area contributed by atoms with Gasteiger partial charge in [-0.25, -0.2) is 4.79 Å². The monoisotopic (exact) mass is 310 g/mol. The molecule has 22 heavy (non-hydrogen) atoms. The van der Waals surface area contributed by atoms with E-state index < -0.39 is 30.3 Å². The van der Waals surface area contributed by atoms with E-state index in [-0.39, 0.29) is 6.54 Å². The zero-order chi connectivity index (χ0) is 16.5. The van der Waals surface area contributed by atoms with Crippen molar-refractivity contribution >= 4 is 23.7 Å². The maximum absolute atomic E-state index is 11.8. The number of amides is 2. The summed E-state index contributed by atoms with van der Waals surface area (Å²) in [6.07, 6.45) is -0.564. The van der Waals surface area contributed by atoms with Crippen LogP contribution in [0.3, 0.4) is 0 Å². The van der Waals surface area contributed by atoms with Crippen LogP contribution in [0.25, 0.3) is 0 Å². The van der Waals surface area contributed by atoms with Crippen LogP contribution in [0.1, 0.15) is 13.3 Å². The number of hydrogen-bond acceptors (Lipinski definition) is 4. The number of anilines is 1. The largest absolute Gasteiger partial charge is 0.492 e. The molecule has 2 amide bonds. The molecule has 8 heteroatoms. The number of carbonyl (C=O) groups excluding carboxylic acids is 1. The average molecular weight is 310 g/mol. The van der Waals surface area contributed by atoms with Crippen molar-refractivity contribution in [1.82, 2.24) is 5.32 Å². The summed E-state index contributed by atoms with van der Waals surface area (Å²) in [6, 6.07) is 6.15. The van der Waals surface area contributed by atoms with Crippen LogP contribution in [0, 0.1) is 5.92 Å². The van der Waals surface area contributed by atoms with E-state index in [1.807, 2.05) is 0 Å². The second-order valence-electron chi connectivity index (χ2n) is 4.40. The summed E-state index contributed by atoms with van der Waals surface area (Å²) < 4.78 is 5.34. The van der Waals surface area contributed by atoms with Crippen molar-refractivity contribution in [2.45, 2.75) is 13.3 Å². The number of para-hydroxylation sites is 2. The highest BCUT2D eigenvalue weighted by atomic mass is 16.5. The zero-order valence-corrected chi connectivity index (χ0v) is 12.0. The Hall–Kier alpha value is -2.77. The molecule has 4 N–H and O–H groups in total. The molecule has 0 fully saturated rings. The van der Waals surface area contributed by atoms with Crippen LogP contribution < -0.4 is 15.4 Å². The van der Waals surface area contributed by atoms with Gasteiger partial charge in [0.25, 0.3) is 0 Å². The van der Waals surface area contributed by atoms with Crippen LogP contribution in [0.5, 0.6) is 5.75 Å². The first-order valence-corrected chi connectivity index (χ1v) is 6.65. The molecule has 120 valence electrons. The SMILES string of the molecule is CCOc1ccccc1NC(=O)NCC(CC(=O)O)C(=O)O. The van der Waals surface area contributed by atoms with Crippen molar-refractivity contribution in [3.63, 3.8) is 0 Å². The van der Waals surface area contributed by atoms with Crippen molar-refractivity contribution in [2.75, 3.05) is 18.5 Å².